The monoisotopic (exact) mass is 277 g/mol. The average molecular weight is 277 g/mol. The molecule has 1 aliphatic heterocycles. The van der Waals surface area contributed by atoms with E-state index >= 15 is 0 Å². The largest absolute Gasteiger partial charge is 0.497 e. The molecule has 0 bridgehead atoms. The molecule has 4 nitrogen and oxygen atoms in total. The molecule has 2 aromatic carbocycles. The second-order valence-corrected chi connectivity index (χ2v) is 4.81. The van der Waals surface area contributed by atoms with Crippen molar-refractivity contribution >= 4 is 21.9 Å². The zero-order chi connectivity index (χ0) is 14.4. The van der Waals surface area contributed by atoms with Crippen molar-refractivity contribution in [2.75, 3.05) is 7.11 Å². The van der Waals surface area contributed by atoms with Gasteiger partial charge in [-0.05, 0) is 12.1 Å². The van der Waals surface area contributed by atoms with Crippen LogP contribution in [0.25, 0.3) is 33.3 Å². The topological polar surface area (TPSA) is 52.3 Å². The predicted molar refractivity (Wildman–Crippen MR) is 81.0 cm³/mol. The van der Waals surface area contributed by atoms with Gasteiger partial charge in [0.2, 0.25) is 0 Å². The van der Waals surface area contributed by atoms with Gasteiger partial charge >= 0.3 is 0 Å². The fourth-order valence-electron chi connectivity index (χ4n) is 2.53. The minimum atomic E-state index is -0.0588. The van der Waals surface area contributed by atoms with Crippen molar-refractivity contribution in [2.24, 2.45) is 0 Å². The summed E-state index contributed by atoms with van der Waals surface area (Å²) in [6, 6.07) is 14.3. The van der Waals surface area contributed by atoms with Gasteiger partial charge < -0.3 is 9.15 Å². The lowest BCUT2D eigenvalue weighted by molar-refractivity contribution is 0.415. The molecule has 0 saturated carbocycles. The molecule has 2 aliphatic rings. The van der Waals surface area contributed by atoms with E-state index < -0.39 is 0 Å². The van der Waals surface area contributed by atoms with Crippen molar-refractivity contribution in [1.29, 1.82) is 0 Å². The van der Waals surface area contributed by atoms with Gasteiger partial charge in [-0.15, -0.1) is 0 Å². The number of methoxy groups -OCH3 is 1. The van der Waals surface area contributed by atoms with Crippen molar-refractivity contribution < 1.29 is 9.15 Å². The smallest absolute Gasteiger partial charge is 0.190 e. The zero-order valence-corrected chi connectivity index (χ0v) is 11.3. The summed E-state index contributed by atoms with van der Waals surface area (Å²) in [5, 5.41) is 1.45. The summed E-state index contributed by atoms with van der Waals surface area (Å²) in [4.78, 5) is 16.8. The SMILES string of the molecule is COc1ccc2oc3cc(=O)c4ccccc4c-3nc2c1. The minimum absolute atomic E-state index is 0.0588. The molecule has 0 amide bonds. The van der Waals surface area contributed by atoms with Gasteiger partial charge in [0.05, 0.1) is 7.11 Å². The molecule has 2 aromatic rings. The van der Waals surface area contributed by atoms with E-state index in [0.29, 0.717) is 33.7 Å². The van der Waals surface area contributed by atoms with Crippen molar-refractivity contribution in [3.63, 3.8) is 0 Å². The van der Waals surface area contributed by atoms with Crippen LogP contribution in [0.2, 0.25) is 0 Å². The first-order chi connectivity index (χ1) is 10.3. The Kier molecular flexibility index (Phi) is 2.44. The van der Waals surface area contributed by atoms with Crippen LogP contribution >= 0.6 is 0 Å². The number of hydrogen-bond donors (Lipinski definition) is 0. The van der Waals surface area contributed by atoms with Crippen LogP contribution in [0.3, 0.4) is 0 Å². The Bertz CT molecular complexity index is 1000. The van der Waals surface area contributed by atoms with Crippen LogP contribution in [0, 0.1) is 0 Å². The molecule has 1 heterocycles. The Morgan fingerprint density at radius 1 is 1.05 bits per heavy atom. The fraction of sp³-hybridized carbons (Fsp3) is 0.0588. The zero-order valence-electron chi connectivity index (χ0n) is 11.3. The van der Waals surface area contributed by atoms with Gasteiger partial charge in [0, 0.05) is 22.9 Å². The molecule has 4 rings (SSSR count). The van der Waals surface area contributed by atoms with Gasteiger partial charge in [0.15, 0.2) is 16.8 Å². The maximum absolute atomic E-state index is 12.1. The molecular weight excluding hydrogens is 266 g/mol. The molecule has 4 heteroatoms. The molecule has 0 radical (unpaired) electrons. The number of aromatic nitrogens is 1. The van der Waals surface area contributed by atoms with Gasteiger partial charge in [0.1, 0.15) is 17.0 Å². The quantitative estimate of drug-likeness (QED) is 0.395. The van der Waals surface area contributed by atoms with Crippen LogP contribution in [-0.4, -0.2) is 12.1 Å². The Labute approximate surface area is 119 Å². The predicted octanol–water partition coefficient (Wildman–Crippen LogP) is 3.45. The number of nitrogens with zero attached hydrogens (tertiary/aromatic N) is 1. The summed E-state index contributed by atoms with van der Waals surface area (Å²) in [5.41, 5.74) is 1.95. The lowest BCUT2D eigenvalue weighted by atomic mass is 10.0. The molecular formula is C17H11NO3. The summed E-state index contributed by atoms with van der Waals surface area (Å²) in [5.74, 6) is 1.21. The highest BCUT2D eigenvalue weighted by Crippen LogP contribution is 2.31. The fourth-order valence-corrected chi connectivity index (χ4v) is 2.53. The molecule has 0 N–H and O–H groups in total. The van der Waals surface area contributed by atoms with Gasteiger partial charge in [-0.1, -0.05) is 24.3 Å². The Balaban J connectivity index is 2.19. The van der Waals surface area contributed by atoms with Crippen LogP contribution in [-0.2, 0) is 0 Å². The molecule has 102 valence electrons. The molecule has 0 fully saturated rings. The number of hydrogen-bond acceptors (Lipinski definition) is 4. The highest BCUT2D eigenvalue weighted by atomic mass is 16.5. The van der Waals surface area contributed by atoms with Gasteiger partial charge in [-0.3, -0.25) is 4.79 Å². The summed E-state index contributed by atoms with van der Waals surface area (Å²) < 4.78 is 11.0. The maximum atomic E-state index is 12.1. The van der Waals surface area contributed by atoms with Gasteiger partial charge in [-0.25, -0.2) is 4.98 Å². The molecule has 0 spiro atoms. The lowest BCUT2D eigenvalue weighted by Gasteiger charge is -2.09. The standard InChI is InChI=1S/C17H11NO3/c1-20-10-6-7-15-13(8-10)18-17-12-5-3-2-4-11(12)14(19)9-16(17)21-15/h2-9H,1H3. The third-order valence-electron chi connectivity index (χ3n) is 3.56. The van der Waals surface area contributed by atoms with Crippen LogP contribution in [0.4, 0.5) is 0 Å². The van der Waals surface area contributed by atoms with E-state index in [1.54, 1.807) is 25.3 Å². The van der Waals surface area contributed by atoms with E-state index in [9.17, 15) is 4.79 Å². The number of rotatable bonds is 1. The van der Waals surface area contributed by atoms with Crippen molar-refractivity contribution in [1.82, 2.24) is 4.98 Å². The Morgan fingerprint density at radius 3 is 2.67 bits per heavy atom. The van der Waals surface area contributed by atoms with E-state index in [1.165, 1.54) is 6.07 Å². The minimum Gasteiger partial charge on any atom is -0.497 e. The van der Waals surface area contributed by atoms with E-state index in [1.807, 2.05) is 24.3 Å². The summed E-state index contributed by atoms with van der Waals surface area (Å²) in [6.07, 6.45) is 0. The lowest BCUT2D eigenvalue weighted by Crippen LogP contribution is -2.03. The van der Waals surface area contributed by atoms with Crippen LogP contribution in [0.15, 0.2) is 57.7 Å². The van der Waals surface area contributed by atoms with E-state index in [-0.39, 0.29) is 5.43 Å². The van der Waals surface area contributed by atoms with Crippen LogP contribution in [0.1, 0.15) is 0 Å². The third kappa shape index (κ3) is 1.76. The van der Waals surface area contributed by atoms with Gasteiger partial charge in [-0.2, -0.15) is 0 Å². The van der Waals surface area contributed by atoms with Crippen molar-refractivity contribution in [2.45, 2.75) is 0 Å². The molecule has 1 aliphatic carbocycles. The van der Waals surface area contributed by atoms with E-state index in [2.05, 4.69) is 4.98 Å². The Hall–Kier alpha value is -2.88. The average Bonchev–Trinajstić information content (AvgIpc) is 2.53. The normalized spacial score (nSPS) is 11.3. The van der Waals surface area contributed by atoms with Gasteiger partial charge in [0.25, 0.3) is 0 Å². The van der Waals surface area contributed by atoms with Crippen molar-refractivity contribution in [3.05, 3.63) is 58.8 Å². The number of fused-ring (bicyclic) bond motifs is 4. The molecule has 0 atom stereocenters. The molecule has 0 saturated heterocycles. The summed E-state index contributed by atoms with van der Waals surface area (Å²) >= 11 is 0. The summed E-state index contributed by atoms with van der Waals surface area (Å²) in [7, 11) is 1.61. The first-order valence-electron chi connectivity index (χ1n) is 6.56. The first kappa shape index (κ1) is 11.9. The van der Waals surface area contributed by atoms with Crippen LogP contribution in [0.5, 0.6) is 5.75 Å². The number of ether oxygens (including phenoxy) is 1. The van der Waals surface area contributed by atoms with Crippen molar-refractivity contribution in [3.8, 4) is 17.2 Å². The number of benzene rings is 3. The highest BCUT2D eigenvalue weighted by Gasteiger charge is 2.15. The molecule has 0 unspecified atom stereocenters. The molecule has 21 heavy (non-hydrogen) atoms. The van der Waals surface area contributed by atoms with Crippen LogP contribution < -0.4 is 10.2 Å². The van der Waals surface area contributed by atoms with E-state index in [0.717, 1.165) is 5.39 Å². The molecule has 0 aromatic heterocycles. The maximum Gasteiger partial charge on any atom is 0.190 e. The second kappa shape index (κ2) is 4.31. The first-order valence-corrected chi connectivity index (χ1v) is 6.56. The Morgan fingerprint density at radius 2 is 1.86 bits per heavy atom. The highest BCUT2D eigenvalue weighted by molar-refractivity contribution is 5.96. The summed E-state index contributed by atoms with van der Waals surface area (Å²) in [6.45, 7) is 0. The second-order valence-electron chi connectivity index (χ2n) is 4.81. The van der Waals surface area contributed by atoms with E-state index in [4.69, 9.17) is 9.15 Å². The third-order valence-corrected chi connectivity index (χ3v) is 3.56.